The van der Waals surface area contributed by atoms with E-state index < -0.39 is 0 Å². The van der Waals surface area contributed by atoms with E-state index in [1.165, 1.54) is 11.1 Å². The number of ether oxygens (including phenoxy) is 3. The van der Waals surface area contributed by atoms with Crippen molar-refractivity contribution in [1.82, 2.24) is 15.1 Å². The van der Waals surface area contributed by atoms with Gasteiger partial charge < -0.3 is 14.2 Å². The fourth-order valence-corrected chi connectivity index (χ4v) is 4.07. The molecule has 2 heterocycles. The fraction of sp³-hybridized carbons (Fsp3) is 0.292. The molecule has 1 aliphatic rings. The molecule has 0 amide bonds. The monoisotopic (exact) mass is 439 g/mol. The highest BCUT2D eigenvalue weighted by molar-refractivity contribution is 6.30. The molecule has 0 atom stereocenters. The summed E-state index contributed by atoms with van der Waals surface area (Å²) in [5, 5.41) is 8.12. The first-order chi connectivity index (χ1) is 15.1. The Bertz CT molecular complexity index is 1050. The van der Waals surface area contributed by atoms with Crippen LogP contribution in [0.4, 0.5) is 0 Å². The summed E-state index contributed by atoms with van der Waals surface area (Å²) in [6, 6.07) is 11.6. The van der Waals surface area contributed by atoms with Crippen molar-refractivity contribution in [3.8, 4) is 28.5 Å². The number of halogens is 1. The first-order valence-corrected chi connectivity index (χ1v) is 10.5. The second-order valence-corrected chi connectivity index (χ2v) is 7.83. The molecule has 1 aliphatic heterocycles. The molecule has 0 fully saturated rings. The van der Waals surface area contributed by atoms with Crippen molar-refractivity contribution in [3.63, 3.8) is 0 Å². The summed E-state index contributed by atoms with van der Waals surface area (Å²) in [5.41, 5.74) is 5.50. The molecule has 0 saturated heterocycles. The average Bonchev–Trinajstić information content (AvgIpc) is 3.27. The van der Waals surface area contributed by atoms with Gasteiger partial charge in [0, 0.05) is 42.4 Å². The molecule has 1 aromatic heterocycles. The Kier molecular flexibility index (Phi) is 6.49. The minimum atomic E-state index is 0.713. The molecule has 0 bridgehead atoms. The first-order valence-electron chi connectivity index (χ1n) is 10.1. The Morgan fingerprint density at radius 1 is 1.03 bits per heavy atom. The number of H-pyrrole nitrogens is 1. The van der Waals surface area contributed by atoms with Crippen molar-refractivity contribution in [3.05, 3.63) is 64.8 Å². The van der Waals surface area contributed by atoms with E-state index in [-0.39, 0.29) is 0 Å². The van der Waals surface area contributed by atoms with Crippen LogP contribution in [0.1, 0.15) is 17.5 Å². The maximum atomic E-state index is 6.03. The Morgan fingerprint density at radius 2 is 1.74 bits per heavy atom. The molecule has 7 heteroatoms. The molecule has 4 rings (SSSR count). The number of nitrogens with one attached hydrogen (secondary N) is 1. The second kappa shape index (κ2) is 9.45. The zero-order valence-corrected chi connectivity index (χ0v) is 18.7. The van der Waals surface area contributed by atoms with Gasteiger partial charge in [0.1, 0.15) is 17.2 Å². The number of aromatic amines is 1. The van der Waals surface area contributed by atoms with Crippen LogP contribution in [0.5, 0.6) is 17.2 Å². The summed E-state index contributed by atoms with van der Waals surface area (Å²) < 4.78 is 16.6. The fourth-order valence-electron chi connectivity index (χ4n) is 3.94. The van der Waals surface area contributed by atoms with E-state index in [1.54, 1.807) is 21.3 Å². The quantitative estimate of drug-likeness (QED) is 0.558. The van der Waals surface area contributed by atoms with Crippen LogP contribution in [0.15, 0.2) is 48.7 Å². The van der Waals surface area contributed by atoms with Gasteiger partial charge in [-0.25, -0.2) is 0 Å². The van der Waals surface area contributed by atoms with Gasteiger partial charge in [-0.1, -0.05) is 29.8 Å². The van der Waals surface area contributed by atoms with Crippen LogP contribution in [0.2, 0.25) is 5.02 Å². The van der Waals surface area contributed by atoms with E-state index in [2.05, 4.69) is 21.2 Å². The van der Waals surface area contributed by atoms with Gasteiger partial charge in [0.15, 0.2) is 0 Å². The molecule has 2 aromatic carbocycles. The molecule has 0 unspecified atom stereocenters. The number of hydrogen-bond acceptors (Lipinski definition) is 5. The van der Waals surface area contributed by atoms with Crippen LogP contribution in [0.3, 0.4) is 0 Å². The Morgan fingerprint density at radius 3 is 2.32 bits per heavy atom. The van der Waals surface area contributed by atoms with E-state index in [0.29, 0.717) is 5.75 Å². The van der Waals surface area contributed by atoms with Crippen molar-refractivity contribution in [2.45, 2.75) is 13.0 Å². The first kappa shape index (κ1) is 21.3. The van der Waals surface area contributed by atoms with Crippen LogP contribution in [-0.4, -0.2) is 49.5 Å². The third-order valence-electron chi connectivity index (χ3n) is 5.57. The Balaban J connectivity index is 1.53. The summed E-state index contributed by atoms with van der Waals surface area (Å²) >= 11 is 6.03. The van der Waals surface area contributed by atoms with Gasteiger partial charge in [-0.2, -0.15) is 5.10 Å². The normalized spacial score (nSPS) is 14.3. The number of aromatic nitrogens is 2. The molecule has 3 aromatic rings. The predicted molar refractivity (Wildman–Crippen MR) is 123 cm³/mol. The van der Waals surface area contributed by atoms with Gasteiger partial charge in [0.25, 0.3) is 0 Å². The van der Waals surface area contributed by atoms with Gasteiger partial charge in [0.2, 0.25) is 0 Å². The maximum absolute atomic E-state index is 6.03. The van der Waals surface area contributed by atoms with E-state index in [4.69, 9.17) is 25.8 Å². The third-order valence-corrected chi connectivity index (χ3v) is 5.83. The number of rotatable bonds is 7. The van der Waals surface area contributed by atoms with Crippen LogP contribution in [-0.2, 0) is 6.54 Å². The topological polar surface area (TPSA) is 59.6 Å². The summed E-state index contributed by atoms with van der Waals surface area (Å²) in [7, 11) is 4.98. The zero-order chi connectivity index (χ0) is 21.8. The SMILES string of the molecule is COc1cc(OC)c(C2=CCN(Cc3cn[nH]c3-c3ccc(Cl)cc3)CC2)c(OC)c1. The van der Waals surface area contributed by atoms with Crippen LogP contribution < -0.4 is 14.2 Å². The van der Waals surface area contributed by atoms with Crippen molar-refractivity contribution in [2.24, 2.45) is 0 Å². The van der Waals surface area contributed by atoms with Gasteiger partial charge in [-0.15, -0.1) is 0 Å². The summed E-state index contributed by atoms with van der Waals surface area (Å²) in [4.78, 5) is 2.40. The molecule has 6 nitrogen and oxygen atoms in total. The van der Waals surface area contributed by atoms with Gasteiger partial charge >= 0.3 is 0 Å². The molecule has 0 radical (unpaired) electrons. The van der Waals surface area contributed by atoms with Crippen molar-refractivity contribution >= 4 is 17.2 Å². The minimum Gasteiger partial charge on any atom is -0.496 e. The summed E-state index contributed by atoms with van der Waals surface area (Å²) in [6.45, 7) is 2.57. The molecular weight excluding hydrogens is 414 g/mol. The lowest BCUT2D eigenvalue weighted by molar-refractivity contribution is 0.293. The predicted octanol–water partition coefficient (Wildman–Crippen LogP) is 5.05. The van der Waals surface area contributed by atoms with Gasteiger partial charge in [-0.3, -0.25) is 10.00 Å². The van der Waals surface area contributed by atoms with E-state index in [1.807, 2.05) is 42.6 Å². The second-order valence-electron chi connectivity index (χ2n) is 7.40. The molecular formula is C24H26ClN3O3. The average molecular weight is 440 g/mol. The van der Waals surface area contributed by atoms with Gasteiger partial charge in [0.05, 0.1) is 38.8 Å². The van der Waals surface area contributed by atoms with Crippen molar-refractivity contribution in [1.29, 1.82) is 0 Å². The molecule has 0 saturated carbocycles. The highest BCUT2D eigenvalue weighted by atomic mass is 35.5. The molecule has 0 aliphatic carbocycles. The number of benzene rings is 2. The van der Waals surface area contributed by atoms with Crippen molar-refractivity contribution < 1.29 is 14.2 Å². The highest BCUT2D eigenvalue weighted by Gasteiger charge is 2.22. The molecule has 162 valence electrons. The smallest absolute Gasteiger partial charge is 0.133 e. The molecule has 1 N–H and O–H groups in total. The lowest BCUT2D eigenvalue weighted by Crippen LogP contribution is -2.28. The summed E-state index contributed by atoms with van der Waals surface area (Å²) in [6.07, 6.45) is 5.05. The van der Waals surface area contributed by atoms with Gasteiger partial charge in [-0.05, 0) is 29.7 Å². The molecule has 0 spiro atoms. The number of methoxy groups -OCH3 is 3. The van der Waals surface area contributed by atoms with Crippen molar-refractivity contribution in [2.75, 3.05) is 34.4 Å². The Hall–Kier alpha value is -2.96. The van der Waals surface area contributed by atoms with E-state index in [0.717, 1.165) is 59.4 Å². The largest absolute Gasteiger partial charge is 0.496 e. The van der Waals surface area contributed by atoms with Crippen LogP contribution >= 0.6 is 11.6 Å². The highest BCUT2D eigenvalue weighted by Crippen LogP contribution is 2.41. The maximum Gasteiger partial charge on any atom is 0.133 e. The molecule has 31 heavy (non-hydrogen) atoms. The Labute approximate surface area is 187 Å². The number of nitrogens with zero attached hydrogens (tertiary/aromatic N) is 2. The van der Waals surface area contributed by atoms with Crippen LogP contribution in [0.25, 0.3) is 16.8 Å². The van der Waals surface area contributed by atoms with E-state index >= 15 is 0 Å². The lowest BCUT2D eigenvalue weighted by atomic mass is 9.96. The minimum absolute atomic E-state index is 0.713. The van der Waals surface area contributed by atoms with Crippen LogP contribution in [0, 0.1) is 0 Å². The van der Waals surface area contributed by atoms with E-state index in [9.17, 15) is 0 Å². The third kappa shape index (κ3) is 4.55. The summed E-state index contributed by atoms with van der Waals surface area (Å²) in [5.74, 6) is 2.23. The standard InChI is InChI=1S/C24H26ClN3O3/c1-29-20-12-21(30-2)23(22(13-20)31-3)16-8-10-28(11-9-16)15-18-14-26-27-24(18)17-4-6-19(25)7-5-17/h4-8,12-14H,9-11,15H2,1-3H3,(H,26,27). The lowest BCUT2D eigenvalue weighted by Gasteiger charge is -2.27. The number of hydrogen-bond donors (Lipinski definition) is 1. The zero-order valence-electron chi connectivity index (χ0n) is 17.9.